The van der Waals surface area contributed by atoms with Crippen molar-refractivity contribution in [1.82, 2.24) is 5.32 Å². The Hall–Kier alpha value is -1.56. The van der Waals surface area contributed by atoms with Crippen molar-refractivity contribution in [2.24, 2.45) is 0 Å². The standard InChI is InChI=1S/C14H12Cl2N2O2S/c15-10-2-1-3-11(13(10)16)18-12(19)4-6-17-14(20)9-5-7-21-8-9/h1-3,5,7-8H,4,6H2,(H,17,20)(H,18,19). The first-order chi connectivity index (χ1) is 10.1. The van der Waals surface area contributed by atoms with E-state index in [1.165, 1.54) is 11.3 Å². The van der Waals surface area contributed by atoms with Gasteiger partial charge in [-0.05, 0) is 23.6 Å². The number of thiophene rings is 1. The Balaban J connectivity index is 1.80. The Labute approximate surface area is 136 Å². The molecule has 2 N–H and O–H groups in total. The van der Waals surface area contributed by atoms with Crippen LogP contribution in [0.25, 0.3) is 0 Å². The van der Waals surface area contributed by atoms with Gasteiger partial charge in [-0.25, -0.2) is 0 Å². The quantitative estimate of drug-likeness (QED) is 0.867. The highest BCUT2D eigenvalue weighted by Gasteiger charge is 2.09. The molecule has 2 aromatic rings. The van der Waals surface area contributed by atoms with Crippen molar-refractivity contribution in [2.45, 2.75) is 6.42 Å². The van der Waals surface area contributed by atoms with Crippen LogP contribution < -0.4 is 10.6 Å². The van der Waals surface area contributed by atoms with Gasteiger partial charge in [-0.2, -0.15) is 11.3 Å². The van der Waals surface area contributed by atoms with Crippen molar-refractivity contribution >= 4 is 52.0 Å². The van der Waals surface area contributed by atoms with Crippen LogP contribution in [0.3, 0.4) is 0 Å². The van der Waals surface area contributed by atoms with Gasteiger partial charge in [0.2, 0.25) is 5.91 Å². The number of carbonyl (C=O) groups is 2. The highest BCUT2D eigenvalue weighted by molar-refractivity contribution is 7.08. The lowest BCUT2D eigenvalue weighted by molar-refractivity contribution is -0.116. The van der Waals surface area contributed by atoms with Gasteiger partial charge in [-0.15, -0.1) is 0 Å². The van der Waals surface area contributed by atoms with E-state index < -0.39 is 0 Å². The summed E-state index contributed by atoms with van der Waals surface area (Å²) in [5.74, 6) is -0.436. The number of anilines is 1. The van der Waals surface area contributed by atoms with E-state index in [4.69, 9.17) is 23.2 Å². The van der Waals surface area contributed by atoms with Crippen molar-refractivity contribution in [3.05, 3.63) is 50.6 Å². The normalized spacial score (nSPS) is 10.2. The highest BCUT2D eigenvalue weighted by Crippen LogP contribution is 2.29. The zero-order valence-corrected chi connectivity index (χ0v) is 13.2. The minimum Gasteiger partial charge on any atom is -0.351 e. The van der Waals surface area contributed by atoms with Gasteiger partial charge in [0.05, 0.1) is 15.7 Å². The average molecular weight is 343 g/mol. The third-order valence-corrected chi connectivity index (χ3v) is 4.15. The van der Waals surface area contributed by atoms with E-state index >= 15 is 0 Å². The van der Waals surface area contributed by atoms with Gasteiger partial charge in [-0.1, -0.05) is 29.3 Å². The molecule has 1 aromatic heterocycles. The van der Waals surface area contributed by atoms with E-state index in [1.807, 2.05) is 5.38 Å². The summed E-state index contributed by atoms with van der Waals surface area (Å²) in [5, 5.41) is 9.58. The molecule has 0 radical (unpaired) electrons. The maximum absolute atomic E-state index is 11.8. The number of hydrogen-bond donors (Lipinski definition) is 2. The first-order valence-electron chi connectivity index (χ1n) is 6.12. The summed E-state index contributed by atoms with van der Waals surface area (Å²) >= 11 is 13.3. The number of amides is 2. The summed E-state index contributed by atoms with van der Waals surface area (Å²) in [6, 6.07) is 6.73. The molecule has 7 heteroatoms. The van der Waals surface area contributed by atoms with E-state index in [0.29, 0.717) is 21.3 Å². The van der Waals surface area contributed by atoms with Crippen LogP contribution in [-0.4, -0.2) is 18.4 Å². The summed E-state index contributed by atoms with van der Waals surface area (Å²) in [7, 11) is 0. The third-order valence-electron chi connectivity index (χ3n) is 2.65. The molecule has 4 nitrogen and oxygen atoms in total. The molecule has 0 atom stereocenters. The highest BCUT2D eigenvalue weighted by atomic mass is 35.5. The Morgan fingerprint density at radius 3 is 2.71 bits per heavy atom. The number of nitrogens with one attached hydrogen (secondary N) is 2. The second kappa shape index (κ2) is 7.45. The predicted octanol–water partition coefficient (Wildman–Crippen LogP) is 3.81. The lowest BCUT2D eigenvalue weighted by Crippen LogP contribution is -2.27. The summed E-state index contributed by atoms with van der Waals surface area (Å²) in [6.45, 7) is 0.249. The fourth-order valence-electron chi connectivity index (χ4n) is 1.60. The zero-order chi connectivity index (χ0) is 15.2. The Morgan fingerprint density at radius 2 is 2.00 bits per heavy atom. The molecule has 2 amide bonds. The number of halogens is 2. The van der Waals surface area contributed by atoms with Crippen LogP contribution in [0.5, 0.6) is 0 Å². The molecule has 0 bridgehead atoms. The monoisotopic (exact) mass is 342 g/mol. The maximum Gasteiger partial charge on any atom is 0.252 e. The minimum atomic E-state index is -0.246. The largest absolute Gasteiger partial charge is 0.351 e. The van der Waals surface area contributed by atoms with E-state index in [2.05, 4.69) is 10.6 Å². The fraction of sp³-hybridized carbons (Fsp3) is 0.143. The molecule has 0 saturated heterocycles. The summed E-state index contributed by atoms with van der Waals surface area (Å²) < 4.78 is 0. The molecule has 1 heterocycles. The van der Waals surface area contributed by atoms with Crippen LogP contribution in [0.15, 0.2) is 35.0 Å². The number of hydrogen-bond acceptors (Lipinski definition) is 3. The van der Waals surface area contributed by atoms with Crippen LogP contribution in [0.4, 0.5) is 5.69 Å². The molecule has 21 heavy (non-hydrogen) atoms. The van der Waals surface area contributed by atoms with Crippen molar-refractivity contribution in [2.75, 3.05) is 11.9 Å². The lowest BCUT2D eigenvalue weighted by atomic mass is 10.3. The molecule has 0 aliphatic heterocycles. The predicted molar refractivity (Wildman–Crippen MR) is 86.4 cm³/mol. The third kappa shape index (κ3) is 4.46. The van der Waals surface area contributed by atoms with Gasteiger partial charge in [0.1, 0.15) is 0 Å². The first-order valence-corrected chi connectivity index (χ1v) is 7.82. The number of rotatable bonds is 5. The molecular formula is C14H12Cl2N2O2S. The Bertz CT molecular complexity index is 644. The van der Waals surface area contributed by atoms with Crippen LogP contribution in [0.1, 0.15) is 16.8 Å². The Morgan fingerprint density at radius 1 is 1.19 bits per heavy atom. The lowest BCUT2D eigenvalue weighted by Gasteiger charge is -2.08. The van der Waals surface area contributed by atoms with Crippen molar-refractivity contribution in [3.63, 3.8) is 0 Å². The molecule has 0 unspecified atom stereocenters. The van der Waals surface area contributed by atoms with Crippen LogP contribution >= 0.6 is 34.5 Å². The molecule has 0 aliphatic rings. The van der Waals surface area contributed by atoms with Crippen LogP contribution in [0.2, 0.25) is 10.0 Å². The zero-order valence-electron chi connectivity index (χ0n) is 10.9. The van der Waals surface area contributed by atoms with Gasteiger partial charge < -0.3 is 10.6 Å². The molecule has 2 rings (SSSR count). The van der Waals surface area contributed by atoms with E-state index in [0.717, 1.165) is 0 Å². The van der Waals surface area contributed by atoms with Gasteiger partial charge in [-0.3, -0.25) is 9.59 Å². The fourth-order valence-corrected chi connectivity index (χ4v) is 2.58. The van der Waals surface area contributed by atoms with Gasteiger partial charge in [0, 0.05) is 23.9 Å². The van der Waals surface area contributed by atoms with Crippen molar-refractivity contribution in [1.29, 1.82) is 0 Å². The molecule has 0 spiro atoms. The smallest absolute Gasteiger partial charge is 0.252 e. The molecule has 1 aromatic carbocycles. The molecule has 0 aliphatic carbocycles. The summed E-state index contributed by atoms with van der Waals surface area (Å²) in [6.07, 6.45) is 0.152. The molecule has 0 saturated carbocycles. The van der Waals surface area contributed by atoms with Gasteiger partial charge >= 0.3 is 0 Å². The van der Waals surface area contributed by atoms with Crippen molar-refractivity contribution in [3.8, 4) is 0 Å². The minimum absolute atomic E-state index is 0.152. The average Bonchev–Trinajstić information content (AvgIpc) is 2.98. The molecule has 0 fully saturated rings. The second-order valence-corrected chi connectivity index (χ2v) is 5.73. The number of carbonyl (C=O) groups excluding carboxylic acids is 2. The SMILES string of the molecule is O=C(CCNC(=O)c1ccsc1)Nc1cccc(Cl)c1Cl. The second-order valence-electron chi connectivity index (χ2n) is 4.17. The molecule has 110 valence electrons. The number of benzene rings is 1. The van der Waals surface area contributed by atoms with E-state index in [-0.39, 0.29) is 24.8 Å². The summed E-state index contributed by atoms with van der Waals surface area (Å²) in [4.78, 5) is 23.5. The van der Waals surface area contributed by atoms with Crippen LogP contribution in [0, 0.1) is 0 Å². The van der Waals surface area contributed by atoms with Crippen molar-refractivity contribution < 1.29 is 9.59 Å². The van der Waals surface area contributed by atoms with E-state index in [9.17, 15) is 9.59 Å². The van der Waals surface area contributed by atoms with Gasteiger partial charge in [0.25, 0.3) is 5.91 Å². The maximum atomic E-state index is 11.8. The first kappa shape index (κ1) is 15.8. The topological polar surface area (TPSA) is 58.2 Å². The van der Waals surface area contributed by atoms with Crippen LogP contribution in [-0.2, 0) is 4.79 Å². The summed E-state index contributed by atoms with van der Waals surface area (Å²) in [5.41, 5.74) is 1.05. The van der Waals surface area contributed by atoms with Gasteiger partial charge in [0.15, 0.2) is 0 Å². The molecular weight excluding hydrogens is 331 g/mol. The Kier molecular flexibility index (Phi) is 5.61. The van der Waals surface area contributed by atoms with E-state index in [1.54, 1.807) is 29.6 Å².